The Hall–Kier alpha value is -2.45. The number of rotatable bonds is 6. The Labute approximate surface area is 173 Å². The number of carbonyl (C=O) groups excluding carboxylic acids is 2. The first-order valence-corrected chi connectivity index (χ1v) is 11.1. The van der Waals surface area contributed by atoms with Gasteiger partial charge in [-0.25, -0.2) is 12.8 Å². The number of nitrogens with one attached hydrogen (secondary N) is 1. The molecule has 2 aromatic carbocycles. The lowest BCUT2D eigenvalue weighted by atomic mass is 10.2. The third-order valence-electron chi connectivity index (χ3n) is 4.71. The maximum Gasteiger partial charge on any atom is 0.226 e. The van der Waals surface area contributed by atoms with Crippen molar-refractivity contribution < 1.29 is 22.4 Å². The summed E-state index contributed by atoms with van der Waals surface area (Å²) in [5, 5.41) is 2.37. The van der Waals surface area contributed by atoms with Crippen LogP contribution in [-0.2, 0) is 25.8 Å². The molecule has 2 amide bonds. The van der Waals surface area contributed by atoms with E-state index in [1.54, 1.807) is 24.0 Å². The molecule has 1 aliphatic rings. The number of fused-ring (bicyclic) bond motifs is 1. The van der Waals surface area contributed by atoms with E-state index in [4.69, 9.17) is 11.6 Å². The van der Waals surface area contributed by atoms with Gasteiger partial charge in [0.1, 0.15) is 5.82 Å². The van der Waals surface area contributed by atoms with Gasteiger partial charge in [-0.3, -0.25) is 9.59 Å². The largest absolute Gasteiger partial charge is 0.326 e. The van der Waals surface area contributed by atoms with E-state index in [0.717, 1.165) is 17.3 Å². The maximum absolute atomic E-state index is 13.2. The Bertz CT molecular complexity index is 1070. The van der Waals surface area contributed by atoms with E-state index in [9.17, 15) is 22.4 Å². The molecule has 1 heterocycles. The molecule has 1 N–H and O–H groups in total. The van der Waals surface area contributed by atoms with Crippen molar-refractivity contribution in [1.29, 1.82) is 0 Å². The Morgan fingerprint density at radius 2 is 1.97 bits per heavy atom. The first kappa shape index (κ1) is 21.3. The molecular weight excluding hydrogens is 419 g/mol. The zero-order chi connectivity index (χ0) is 21.2. The molecule has 9 heteroatoms. The highest BCUT2D eigenvalue weighted by Crippen LogP contribution is 2.31. The van der Waals surface area contributed by atoms with Crippen LogP contribution in [0.4, 0.5) is 15.8 Å². The van der Waals surface area contributed by atoms with Gasteiger partial charge in [0.25, 0.3) is 0 Å². The second kappa shape index (κ2) is 8.51. The van der Waals surface area contributed by atoms with Crippen molar-refractivity contribution in [3.8, 4) is 0 Å². The predicted molar refractivity (Wildman–Crippen MR) is 109 cm³/mol. The average Bonchev–Trinajstić information content (AvgIpc) is 3.12. The maximum atomic E-state index is 13.2. The normalized spacial score (nSPS) is 13.3. The molecule has 0 saturated carbocycles. The number of benzene rings is 2. The smallest absolute Gasteiger partial charge is 0.226 e. The van der Waals surface area contributed by atoms with Crippen LogP contribution in [0.3, 0.4) is 0 Å². The van der Waals surface area contributed by atoms with Crippen LogP contribution >= 0.6 is 11.6 Å². The summed E-state index contributed by atoms with van der Waals surface area (Å²) in [5.41, 5.74) is 1.83. The molecule has 154 valence electrons. The van der Waals surface area contributed by atoms with Crippen LogP contribution in [0, 0.1) is 5.82 Å². The van der Waals surface area contributed by atoms with Crippen molar-refractivity contribution in [2.24, 2.45) is 0 Å². The molecule has 0 bridgehead atoms. The van der Waals surface area contributed by atoms with Crippen LogP contribution in [-0.4, -0.2) is 32.5 Å². The highest BCUT2D eigenvalue weighted by atomic mass is 35.5. The number of carbonyl (C=O) groups is 2. The molecule has 0 spiro atoms. The second-order valence-electron chi connectivity index (χ2n) is 6.69. The topological polar surface area (TPSA) is 83.6 Å². The van der Waals surface area contributed by atoms with Crippen molar-refractivity contribution in [2.75, 3.05) is 22.5 Å². The number of nitrogens with zero attached hydrogens (tertiary/aromatic N) is 1. The van der Waals surface area contributed by atoms with Crippen LogP contribution < -0.4 is 10.2 Å². The van der Waals surface area contributed by atoms with Gasteiger partial charge in [-0.05, 0) is 48.4 Å². The predicted octanol–water partition coefficient (Wildman–Crippen LogP) is 3.58. The van der Waals surface area contributed by atoms with E-state index in [2.05, 4.69) is 5.32 Å². The highest BCUT2D eigenvalue weighted by molar-refractivity contribution is 7.91. The lowest BCUT2D eigenvalue weighted by Gasteiger charge is -2.16. The minimum absolute atomic E-state index is 0.00285. The van der Waals surface area contributed by atoms with Crippen molar-refractivity contribution >= 4 is 44.6 Å². The van der Waals surface area contributed by atoms with E-state index in [1.165, 1.54) is 18.2 Å². The number of anilines is 2. The molecule has 0 atom stereocenters. The van der Waals surface area contributed by atoms with Crippen LogP contribution in [0.5, 0.6) is 0 Å². The van der Waals surface area contributed by atoms with Crippen LogP contribution in [0.2, 0.25) is 5.02 Å². The average molecular weight is 439 g/mol. The first-order valence-electron chi connectivity index (χ1n) is 9.12. The summed E-state index contributed by atoms with van der Waals surface area (Å²) in [6.07, 6.45) is 0.721. The van der Waals surface area contributed by atoms with Crippen molar-refractivity contribution in [1.82, 2.24) is 0 Å². The Morgan fingerprint density at radius 1 is 1.21 bits per heavy atom. The van der Waals surface area contributed by atoms with Gasteiger partial charge in [-0.15, -0.1) is 0 Å². The molecule has 0 radical (unpaired) electrons. The number of hydrogen-bond acceptors (Lipinski definition) is 4. The molecule has 0 fully saturated rings. The molecule has 29 heavy (non-hydrogen) atoms. The van der Waals surface area contributed by atoms with Crippen LogP contribution in [0.1, 0.15) is 25.3 Å². The highest BCUT2D eigenvalue weighted by Gasteiger charge is 2.26. The van der Waals surface area contributed by atoms with Gasteiger partial charge in [-0.1, -0.05) is 18.5 Å². The molecule has 0 unspecified atom stereocenters. The first-order chi connectivity index (χ1) is 13.7. The summed E-state index contributed by atoms with van der Waals surface area (Å²) >= 11 is 5.67. The quantitative estimate of drug-likeness (QED) is 0.747. The summed E-state index contributed by atoms with van der Waals surface area (Å²) in [7, 11) is -3.68. The minimum atomic E-state index is -3.68. The fraction of sp³-hybridized carbons (Fsp3) is 0.300. The number of amides is 2. The summed E-state index contributed by atoms with van der Waals surface area (Å²) < 4.78 is 38.4. The third kappa shape index (κ3) is 4.76. The molecular formula is C20H20ClFN2O4S. The van der Waals surface area contributed by atoms with Crippen molar-refractivity contribution in [2.45, 2.75) is 31.1 Å². The number of halogens is 2. The molecule has 6 nitrogen and oxygen atoms in total. The van der Waals surface area contributed by atoms with Gasteiger partial charge in [-0.2, -0.15) is 0 Å². The molecule has 2 aromatic rings. The van der Waals surface area contributed by atoms with E-state index < -0.39 is 21.6 Å². The van der Waals surface area contributed by atoms with Gasteiger partial charge in [0.05, 0.1) is 15.7 Å². The van der Waals surface area contributed by atoms with Crippen molar-refractivity contribution in [3.63, 3.8) is 0 Å². The van der Waals surface area contributed by atoms with E-state index in [0.29, 0.717) is 19.4 Å². The van der Waals surface area contributed by atoms with Gasteiger partial charge in [0.15, 0.2) is 9.84 Å². The lowest BCUT2D eigenvalue weighted by Crippen LogP contribution is -2.27. The SMILES string of the molecule is CCC(=O)N1CCc2cc(S(=O)(=O)CCC(=O)Nc3ccc(F)c(Cl)c3)ccc21. The fourth-order valence-corrected chi connectivity index (χ4v) is 4.63. The van der Waals surface area contributed by atoms with Gasteiger partial charge < -0.3 is 10.2 Å². The van der Waals surface area contributed by atoms with E-state index in [-0.39, 0.29) is 33.7 Å². The fourth-order valence-electron chi connectivity index (χ4n) is 3.16. The standard InChI is InChI=1S/C20H20ClFN2O4S/c1-2-20(26)24-9-7-13-11-15(4-6-18(13)24)29(27,28)10-8-19(25)23-14-3-5-17(22)16(21)12-14/h3-6,11-12H,2,7-10H2,1H3,(H,23,25). The molecule has 0 saturated heterocycles. The number of hydrogen-bond donors (Lipinski definition) is 1. The molecule has 0 aliphatic carbocycles. The second-order valence-corrected chi connectivity index (χ2v) is 9.20. The molecule has 0 aromatic heterocycles. The van der Waals surface area contributed by atoms with E-state index >= 15 is 0 Å². The van der Waals surface area contributed by atoms with Crippen LogP contribution in [0.15, 0.2) is 41.3 Å². The van der Waals surface area contributed by atoms with Gasteiger partial charge in [0.2, 0.25) is 11.8 Å². The summed E-state index contributed by atoms with van der Waals surface area (Å²) in [5.74, 6) is -1.50. The molecule has 1 aliphatic heterocycles. The zero-order valence-electron chi connectivity index (χ0n) is 15.7. The summed E-state index contributed by atoms with van der Waals surface area (Å²) in [6, 6.07) is 8.40. The molecule has 3 rings (SSSR count). The third-order valence-corrected chi connectivity index (χ3v) is 6.71. The Kier molecular flexibility index (Phi) is 6.24. The Morgan fingerprint density at radius 3 is 2.66 bits per heavy atom. The van der Waals surface area contributed by atoms with Gasteiger partial charge in [0, 0.05) is 30.8 Å². The van der Waals surface area contributed by atoms with Gasteiger partial charge >= 0.3 is 0 Å². The lowest BCUT2D eigenvalue weighted by molar-refractivity contribution is -0.118. The zero-order valence-corrected chi connectivity index (χ0v) is 17.3. The summed E-state index contributed by atoms with van der Waals surface area (Å²) in [4.78, 5) is 25.8. The van der Waals surface area contributed by atoms with Crippen LogP contribution in [0.25, 0.3) is 0 Å². The number of sulfone groups is 1. The van der Waals surface area contributed by atoms with Crippen molar-refractivity contribution in [3.05, 3.63) is 52.8 Å². The minimum Gasteiger partial charge on any atom is -0.326 e. The summed E-state index contributed by atoms with van der Waals surface area (Å²) in [6.45, 7) is 2.32. The monoisotopic (exact) mass is 438 g/mol. The van der Waals surface area contributed by atoms with E-state index in [1.807, 2.05) is 0 Å². The Balaban J connectivity index is 1.66.